The van der Waals surface area contributed by atoms with Gasteiger partial charge in [-0.2, -0.15) is 0 Å². The zero-order valence-electron chi connectivity index (χ0n) is 12.6. The van der Waals surface area contributed by atoms with Gasteiger partial charge in [-0.25, -0.2) is 4.79 Å². The summed E-state index contributed by atoms with van der Waals surface area (Å²) in [5.74, 6) is 0.312. The molecule has 2 aromatic rings. The van der Waals surface area contributed by atoms with Gasteiger partial charge >= 0.3 is 5.97 Å². The molecule has 0 radical (unpaired) electrons. The molecule has 21 heavy (non-hydrogen) atoms. The maximum absolute atomic E-state index is 11.5. The van der Waals surface area contributed by atoms with E-state index in [9.17, 15) is 4.79 Å². The highest BCUT2D eigenvalue weighted by Gasteiger charge is 2.15. The monoisotopic (exact) mass is 284 g/mol. The third-order valence-electron chi connectivity index (χ3n) is 3.17. The Labute approximate surface area is 125 Å². The van der Waals surface area contributed by atoms with E-state index in [1.807, 2.05) is 24.3 Å². The Hall–Kier alpha value is -2.29. The Morgan fingerprint density at radius 1 is 1.00 bits per heavy atom. The van der Waals surface area contributed by atoms with Crippen molar-refractivity contribution >= 4 is 5.97 Å². The number of aryl methyl sites for hydroxylation is 1. The molecule has 0 N–H and O–H groups in total. The van der Waals surface area contributed by atoms with Crippen LogP contribution in [0.4, 0.5) is 0 Å². The van der Waals surface area contributed by atoms with Crippen LogP contribution in [0.1, 0.15) is 19.4 Å². The van der Waals surface area contributed by atoms with Gasteiger partial charge in [0.05, 0.1) is 6.61 Å². The van der Waals surface area contributed by atoms with Crippen molar-refractivity contribution in [3.05, 3.63) is 54.1 Å². The molecule has 0 aliphatic carbocycles. The van der Waals surface area contributed by atoms with Gasteiger partial charge in [0.15, 0.2) is 6.10 Å². The lowest BCUT2D eigenvalue weighted by Gasteiger charge is -2.13. The van der Waals surface area contributed by atoms with Crippen LogP contribution in [0.2, 0.25) is 0 Å². The lowest BCUT2D eigenvalue weighted by Crippen LogP contribution is -2.25. The van der Waals surface area contributed by atoms with E-state index in [1.165, 1.54) is 5.56 Å². The second-order valence-corrected chi connectivity index (χ2v) is 4.90. The van der Waals surface area contributed by atoms with Gasteiger partial charge in [-0.3, -0.25) is 0 Å². The molecule has 3 nitrogen and oxygen atoms in total. The van der Waals surface area contributed by atoms with Crippen molar-refractivity contribution in [3.63, 3.8) is 0 Å². The minimum absolute atomic E-state index is 0.347. The molecular weight excluding hydrogens is 264 g/mol. The first kappa shape index (κ1) is 15.1. The van der Waals surface area contributed by atoms with Gasteiger partial charge in [0.1, 0.15) is 5.75 Å². The summed E-state index contributed by atoms with van der Waals surface area (Å²) in [6, 6.07) is 16.1. The lowest BCUT2D eigenvalue weighted by atomic mass is 10.0. The summed E-state index contributed by atoms with van der Waals surface area (Å²) in [6.45, 7) is 5.89. The predicted molar refractivity (Wildman–Crippen MR) is 83.3 cm³/mol. The highest BCUT2D eigenvalue weighted by molar-refractivity contribution is 5.74. The summed E-state index contributed by atoms with van der Waals surface area (Å²) in [4.78, 5) is 11.5. The highest BCUT2D eigenvalue weighted by atomic mass is 16.6. The van der Waals surface area contributed by atoms with Crippen LogP contribution in [0.25, 0.3) is 11.1 Å². The van der Waals surface area contributed by atoms with Crippen LogP contribution in [0.3, 0.4) is 0 Å². The normalized spacial score (nSPS) is 11.8. The molecule has 1 atom stereocenters. The van der Waals surface area contributed by atoms with Crippen molar-refractivity contribution in [1.29, 1.82) is 0 Å². The number of benzene rings is 2. The molecular formula is C18H20O3. The number of esters is 1. The number of ether oxygens (including phenoxy) is 2. The number of carbonyl (C=O) groups is 1. The molecule has 0 saturated carbocycles. The molecule has 0 spiro atoms. The van der Waals surface area contributed by atoms with Gasteiger partial charge in [0.2, 0.25) is 0 Å². The zero-order valence-corrected chi connectivity index (χ0v) is 12.6. The zero-order chi connectivity index (χ0) is 15.2. The lowest BCUT2D eigenvalue weighted by molar-refractivity contribution is -0.150. The molecule has 0 aliphatic rings. The summed E-state index contributed by atoms with van der Waals surface area (Å²) in [7, 11) is 0. The Balaban J connectivity index is 2.05. The molecule has 0 heterocycles. The third-order valence-corrected chi connectivity index (χ3v) is 3.17. The van der Waals surface area contributed by atoms with Crippen molar-refractivity contribution in [2.75, 3.05) is 6.61 Å². The molecule has 0 unspecified atom stereocenters. The Bertz CT molecular complexity index is 585. The van der Waals surface area contributed by atoms with E-state index >= 15 is 0 Å². The summed E-state index contributed by atoms with van der Waals surface area (Å²) in [5.41, 5.74) is 3.51. The quantitative estimate of drug-likeness (QED) is 0.779. The van der Waals surface area contributed by atoms with Crippen molar-refractivity contribution in [2.45, 2.75) is 26.9 Å². The molecule has 0 aliphatic heterocycles. The topological polar surface area (TPSA) is 35.5 Å². The number of carbonyl (C=O) groups excluding carboxylic acids is 1. The average Bonchev–Trinajstić information content (AvgIpc) is 2.49. The van der Waals surface area contributed by atoms with Gasteiger partial charge in [0, 0.05) is 0 Å². The summed E-state index contributed by atoms with van der Waals surface area (Å²) < 4.78 is 10.5. The van der Waals surface area contributed by atoms with Gasteiger partial charge < -0.3 is 9.47 Å². The first-order valence-electron chi connectivity index (χ1n) is 7.10. The summed E-state index contributed by atoms with van der Waals surface area (Å²) >= 11 is 0. The third kappa shape index (κ3) is 4.09. The largest absolute Gasteiger partial charge is 0.479 e. The Morgan fingerprint density at radius 2 is 1.52 bits per heavy atom. The molecule has 2 rings (SSSR count). The van der Waals surface area contributed by atoms with Crippen LogP contribution in [-0.4, -0.2) is 18.7 Å². The summed E-state index contributed by atoms with van der Waals surface area (Å²) in [5, 5.41) is 0. The number of hydrogen-bond acceptors (Lipinski definition) is 3. The van der Waals surface area contributed by atoms with Gasteiger partial charge in [-0.05, 0) is 44.0 Å². The van der Waals surface area contributed by atoms with Gasteiger partial charge in [-0.15, -0.1) is 0 Å². The van der Waals surface area contributed by atoms with Crippen LogP contribution < -0.4 is 4.74 Å². The fraction of sp³-hybridized carbons (Fsp3) is 0.278. The fourth-order valence-corrected chi connectivity index (χ4v) is 1.98. The van der Waals surface area contributed by atoms with Crippen LogP contribution in [-0.2, 0) is 9.53 Å². The SMILES string of the molecule is CCOC(=O)[C@H](C)Oc1ccc(-c2ccc(C)cc2)cc1. The minimum atomic E-state index is -0.602. The van der Waals surface area contributed by atoms with E-state index < -0.39 is 6.10 Å². The first-order valence-corrected chi connectivity index (χ1v) is 7.10. The minimum Gasteiger partial charge on any atom is -0.479 e. The molecule has 0 aromatic heterocycles. The van der Waals surface area contributed by atoms with E-state index in [1.54, 1.807) is 13.8 Å². The fourth-order valence-electron chi connectivity index (χ4n) is 1.98. The molecule has 3 heteroatoms. The van der Waals surface area contributed by atoms with Crippen molar-refractivity contribution in [1.82, 2.24) is 0 Å². The van der Waals surface area contributed by atoms with E-state index in [0.29, 0.717) is 12.4 Å². The molecule has 0 saturated heterocycles. The summed E-state index contributed by atoms with van der Waals surface area (Å²) in [6.07, 6.45) is -0.602. The average molecular weight is 284 g/mol. The van der Waals surface area contributed by atoms with Crippen molar-refractivity contribution in [3.8, 4) is 16.9 Å². The first-order chi connectivity index (χ1) is 10.1. The second kappa shape index (κ2) is 6.93. The molecule has 0 amide bonds. The van der Waals surface area contributed by atoms with Crippen LogP contribution in [0, 0.1) is 6.92 Å². The second-order valence-electron chi connectivity index (χ2n) is 4.90. The number of rotatable bonds is 5. The van der Waals surface area contributed by atoms with Crippen LogP contribution in [0.15, 0.2) is 48.5 Å². The Kier molecular flexibility index (Phi) is 4.99. The van der Waals surface area contributed by atoms with E-state index in [4.69, 9.17) is 9.47 Å². The molecule has 110 valence electrons. The maximum Gasteiger partial charge on any atom is 0.347 e. The smallest absolute Gasteiger partial charge is 0.347 e. The molecule has 0 fully saturated rings. The van der Waals surface area contributed by atoms with Crippen molar-refractivity contribution < 1.29 is 14.3 Å². The van der Waals surface area contributed by atoms with Gasteiger partial charge in [-0.1, -0.05) is 42.0 Å². The van der Waals surface area contributed by atoms with Crippen molar-refractivity contribution in [2.24, 2.45) is 0 Å². The van der Waals surface area contributed by atoms with Crippen LogP contribution >= 0.6 is 0 Å². The van der Waals surface area contributed by atoms with Gasteiger partial charge in [0.25, 0.3) is 0 Å². The standard InChI is InChI=1S/C18H20O3/c1-4-20-18(19)14(3)21-17-11-9-16(10-12-17)15-7-5-13(2)6-8-15/h5-12,14H,4H2,1-3H3/t14-/m0/s1. The van der Waals surface area contributed by atoms with Crippen LogP contribution in [0.5, 0.6) is 5.75 Å². The maximum atomic E-state index is 11.5. The highest BCUT2D eigenvalue weighted by Crippen LogP contribution is 2.23. The predicted octanol–water partition coefficient (Wildman–Crippen LogP) is 3.99. The number of hydrogen-bond donors (Lipinski definition) is 0. The van der Waals surface area contributed by atoms with E-state index in [-0.39, 0.29) is 5.97 Å². The molecule has 0 bridgehead atoms. The molecule has 2 aromatic carbocycles. The Morgan fingerprint density at radius 3 is 2.05 bits per heavy atom. The van der Waals surface area contributed by atoms with E-state index in [0.717, 1.165) is 11.1 Å². The van der Waals surface area contributed by atoms with E-state index in [2.05, 4.69) is 31.2 Å².